The zero-order chi connectivity index (χ0) is 15.5. The van der Waals surface area contributed by atoms with E-state index in [4.69, 9.17) is 0 Å². The number of hydrogen-bond acceptors (Lipinski definition) is 2. The summed E-state index contributed by atoms with van der Waals surface area (Å²) in [6.07, 6.45) is 2.05. The van der Waals surface area contributed by atoms with Crippen molar-refractivity contribution in [3.05, 3.63) is 29.8 Å². The molecule has 21 heavy (non-hydrogen) atoms. The Hall–Kier alpha value is -2.04. The van der Waals surface area contributed by atoms with Crippen molar-refractivity contribution in [2.45, 2.75) is 45.1 Å². The molecule has 5 heteroatoms. The summed E-state index contributed by atoms with van der Waals surface area (Å²) >= 11 is 0. The summed E-state index contributed by atoms with van der Waals surface area (Å²) in [5.41, 5.74) is 1.81. The predicted molar refractivity (Wildman–Crippen MR) is 83.3 cm³/mol. The van der Waals surface area contributed by atoms with Gasteiger partial charge in [0.2, 0.25) is 5.91 Å². The number of benzene rings is 1. The molecule has 1 aliphatic carbocycles. The molecule has 1 aromatic carbocycles. The molecule has 2 rings (SSSR count). The molecule has 0 unspecified atom stereocenters. The van der Waals surface area contributed by atoms with Crippen LogP contribution in [0.5, 0.6) is 0 Å². The summed E-state index contributed by atoms with van der Waals surface area (Å²) in [5.74, 6) is -0.224. The zero-order valence-corrected chi connectivity index (χ0v) is 12.8. The number of amides is 3. The number of rotatable bonds is 4. The maximum absolute atomic E-state index is 11.9. The average Bonchev–Trinajstić information content (AvgIpc) is 3.20. The lowest BCUT2D eigenvalue weighted by atomic mass is 9.86. The van der Waals surface area contributed by atoms with E-state index in [2.05, 4.69) is 36.7 Å². The number of carbonyl (C=O) groups excluding carboxylic acids is 2. The molecule has 0 heterocycles. The van der Waals surface area contributed by atoms with Crippen LogP contribution in [-0.4, -0.2) is 24.5 Å². The minimum atomic E-state index is -0.281. The Morgan fingerprint density at radius 1 is 1.19 bits per heavy atom. The van der Waals surface area contributed by atoms with Crippen molar-refractivity contribution < 1.29 is 9.59 Å². The van der Waals surface area contributed by atoms with E-state index in [0.29, 0.717) is 0 Å². The van der Waals surface area contributed by atoms with Gasteiger partial charge in [-0.2, -0.15) is 0 Å². The standard InChI is InChI=1S/C16H23N3O2/c1-16(2,3)12-6-4-5-7-13(12)19-14(20)10-17-15(21)18-11-8-9-11/h4-7,11H,8-10H2,1-3H3,(H,19,20)(H2,17,18,21). The fourth-order valence-electron chi connectivity index (χ4n) is 2.07. The maximum atomic E-state index is 11.9. The predicted octanol–water partition coefficient (Wildman–Crippen LogP) is 2.38. The Bertz CT molecular complexity index is 531. The summed E-state index contributed by atoms with van der Waals surface area (Å²) in [6, 6.07) is 7.73. The van der Waals surface area contributed by atoms with Crippen molar-refractivity contribution in [3.63, 3.8) is 0 Å². The van der Waals surface area contributed by atoms with Gasteiger partial charge in [-0.15, -0.1) is 0 Å². The first-order valence-corrected chi connectivity index (χ1v) is 7.30. The summed E-state index contributed by atoms with van der Waals surface area (Å²) < 4.78 is 0. The number of nitrogens with one attached hydrogen (secondary N) is 3. The molecule has 3 N–H and O–H groups in total. The Kier molecular flexibility index (Phi) is 4.50. The quantitative estimate of drug-likeness (QED) is 0.796. The van der Waals surface area contributed by atoms with E-state index in [0.717, 1.165) is 24.1 Å². The third kappa shape index (κ3) is 4.77. The highest BCUT2D eigenvalue weighted by molar-refractivity contribution is 5.95. The molecule has 0 spiro atoms. The fraction of sp³-hybridized carbons (Fsp3) is 0.500. The molecule has 0 bridgehead atoms. The molecular formula is C16H23N3O2. The van der Waals surface area contributed by atoms with Crippen LogP contribution in [0.4, 0.5) is 10.5 Å². The van der Waals surface area contributed by atoms with Gasteiger partial charge in [0.05, 0.1) is 6.54 Å². The first-order valence-electron chi connectivity index (χ1n) is 7.30. The van der Waals surface area contributed by atoms with E-state index in [9.17, 15) is 9.59 Å². The SMILES string of the molecule is CC(C)(C)c1ccccc1NC(=O)CNC(=O)NC1CC1. The molecule has 0 atom stereocenters. The van der Waals surface area contributed by atoms with E-state index >= 15 is 0 Å². The van der Waals surface area contributed by atoms with Gasteiger partial charge in [0.1, 0.15) is 0 Å². The molecule has 114 valence electrons. The van der Waals surface area contributed by atoms with Crippen LogP contribution in [0.25, 0.3) is 0 Å². The Morgan fingerprint density at radius 2 is 1.86 bits per heavy atom. The first kappa shape index (κ1) is 15.4. The summed E-state index contributed by atoms with van der Waals surface area (Å²) in [7, 11) is 0. The van der Waals surface area contributed by atoms with E-state index in [1.54, 1.807) is 0 Å². The molecule has 5 nitrogen and oxygen atoms in total. The van der Waals surface area contributed by atoms with Crippen LogP contribution < -0.4 is 16.0 Å². The normalized spacial score (nSPS) is 14.4. The first-order chi connectivity index (χ1) is 9.86. The van der Waals surface area contributed by atoms with Crippen LogP contribution in [0.3, 0.4) is 0 Å². The van der Waals surface area contributed by atoms with Gasteiger partial charge < -0.3 is 16.0 Å². The number of carbonyl (C=O) groups is 2. The summed E-state index contributed by atoms with van der Waals surface area (Å²) in [5, 5.41) is 8.21. The monoisotopic (exact) mass is 289 g/mol. The van der Waals surface area contributed by atoms with E-state index < -0.39 is 0 Å². The van der Waals surface area contributed by atoms with Crippen LogP contribution in [0.1, 0.15) is 39.2 Å². The van der Waals surface area contributed by atoms with Crippen molar-refractivity contribution in [1.82, 2.24) is 10.6 Å². The Labute approximate surface area is 125 Å². The molecular weight excluding hydrogens is 266 g/mol. The van der Waals surface area contributed by atoms with E-state index in [1.807, 2.05) is 24.3 Å². The van der Waals surface area contributed by atoms with Crippen LogP contribution in [0.2, 0.25) is 0 Å². The van der Waals surface area contributed by atoms with E-state index in [-0.39, 0.29) is 29.9 Å². The van der Waals surface area contributed by atoms with Crippen molar-refractivity contribution in [2.75, 3.05) is 11.9 Å². The van der Waals surface area contributed by atoms with Crippen molar-refractivity contribution in [2.24, 2.45) is 0 Å². The summed E-state index contributed by atoms with van der Waals surface area (Å²) in [6.45, 7) is 6.26. The van der Waals surface area contributed by atoms with Crippen molar-refractivity contribution >= 4 is 17.6 Å². The number of para-hydroxylation sites is 1. The molecule has 0 radical (unpaired) electrons. The highest BCUT2D eigenvalue weighted by Gasteiger charge is 2.23. The van der Waals surface area contributed by atoms with Crippen LogP contribution in [-0.2, 0) is 10.2 Å². The molecule has 3 amide bonds. The summed E-state index contributed by atoms with van der Waals surface area (Å²) in [4.78, 5) is 23.4. The second-order valence-corrected chi connectivity index (χ2v) is 6.45. The number of anilines is 1. The lowest BCUT2D eigenvalue weighted by molar-refractivity contribution is -0.115. The lowest BCUT2D eigenvalue weighted by Gasteiger charge is -2.23. The van der Waals surface area contributed by atoms with Crippen LogP contribution in [0, 0.1) is 0 Å². The second-order valence-electron chi connectivity index (χ2n) is 6.45. The molecule has 1 aromatic rings. The topological polar surface area (TPSA) is 70.2 Å². The molecule has 1 saturated carbocycles. The maximum Gasteiger partial charge on any atom is 0.315 e. The Balaban J connectivity index is 1.88. The zero-order valence-electron chi connectivity index (χ0n) is 12.8. The number of urea groups is 1. The van der Waals surface area contributed by atoms with Gasteiger partial charge in [0.15, 0.2) is 0 Å². The minimum absolute atomic E-state index is 0.0307. The number of hydrogen-bond donors (Lipinski definition) is 3. The lowest BCUT2D eigenvalue weighted by Crippen LogP contribution is -2.41. The van der Waals surface area contributed by atoms with Gasteiger partial charge in [0, 0.05) is 11.7 Å². The smallest absolute Gasteiger partial charge is 0.315 e. The minimum Gasteiger partial charge on any atom is -0.335 e. The van der Waals surface area contributed by atoms with Gasteiger partial charge in [-0.1, -0.05) is 39.0 Å². The van der Waals surface area contributed by atoms with Gasteiger partial charge in [0.25, 0.3) is 0 Å². The van der Waals surface area contributed by atoms with Crippen molar-refractivity contribution in [3.8, 4) is 0 Å². The average molecular weight is 289 g/mol. The highest BCUT2D eigenvalue weighted by Crippen LogP contribution is 2.29. The second kappa shape index (κ2) is 6.16. The molecule has 0 aromatic heterocycles. The molecule has 0 saturated heterocycles. The highest BCUT2D eigenvalue weighted by atomic mass is 16.2. The van der Waals surface area contributed by atoms with Gasteiger partial charge in [-0.05, 0) is 29.9 Å². The largest absolute Gasteiger partial charge is 0.335 e. The van der Waals surface area contributed by atoms with Crippen LogP contribution >= 0.6 is 0 Å². The third-order valence-corrected chi connectivity index (χ3v) is 3.33. The third-order valence-electron chi connectivity index (χ3n) is 3.33. The van der Waals surface area contributed by atoms with Crippen LogP contribution in [0.15, 0.2) is 24.3 Å². The Morgan fingerprint density at radius 3 is 2.48 bits per heavy atom. The fourth-order valence-corrected chi connectivity index (χ4v) is 2.07. The molecule has 1 fully saturated rings. The van der Waals surface area contributed by atoms with Gasteiger partial charge in [-0.25, -0.2) is 4.79 Å². The van der Waals surface area contributed by atoms with Gasteiger partial charge in [-0.3, -0.25) is 4.79 Å². The van der Waals surface area contributed by atoms with Gasteiger partial charge >= 0.3 is 6.03 Å². The molecule has 0 aliphatic heterocycles. The molecule has 1 aliphatic rings. The van der Waals surface area contributed by atoms with E-state index in [1.165, 1.54) is 0 Å². The van der Waals surface area contributed by atoms with Crippen molar-refractivity contribution in [1.29, 1.82) is 0 Å².